The number of nitrogens with zero attached hydrogens (tertiary/aromatic N) is 2. The van der Waals surface area contributed by atoms with Crippen molar-refractivity contribution in [1.29, 1.82) is 0 Å². The molecule has 0 aliphatic rings. The largest absolute Gasteiger partial charge is 0.417 e. The second-order valence-electron chi connectivity index (χ2n) is 11.5. The molecule has 0 heterocycles. The lowest BCUT2D eigenvalue weighted by molar-refractivity contribution is -0.140. The average molecular weight is 704 g/mol. The first-order valence-corrected chi connectivity index (χ1v) is 16.7. The summed E-state index contributed by atoms with van der Waals surface area (Å²) >= 11 is 5.85. The van der Waals surface area contributed by atoms with E-state index < -0.39 is 69.2 Å². The van der Waals surface area contributed by atoms with Crippen LogP contribution in [0.25, 0.3) is 0 Å². The normalized spacial score (nSPS) is 12.4. The van der Waals surface area contributed by atoms with E-state index in [1.807, 2.05) is 0 Å². The number of rotatable bonds is 12. The van der Waals surface area contributed by atoms with Gasteiger partial charge in [-0.1, -0.05) is 77.8 Å². The molecule has 1 N–H and O–H groups in total. The van der Waals surface area contributed by atoms with Gasteiger partial charge in [0, 0.05) is 24.6 Å². The molecule has 0 aliphatic carbocycles. The SMILES string of the molecule is Cc1ccc(S(=O)(=O)N(CC(=O)N(Cc2ccccc2F)C(Cc2ccccc2)C(=O)NC(C)C)c2ccc(Cl)c(C(F)(F)F)c2)cc1. The molecule has 0 aliphatic heterocycles. The lowest BCUT2D eigenvalue weighted by Crippen LogP contribution is -2.54. The Morgan fingerprint density at radius 2 is 1.52 bits per heavy atom. The maximum absolute atomic E-state index is 15.0. The van der Waals surface area contributed by atoms with Gasteiger partial charge in [0.2, 0.25) is 11.8 Å². The molecule has 1 atom stereocenters. The number of carbonyl (C=O) groups excluding carboxylic acids is 2. The van der Waals surface area contributed by atoms with E-state index in [2.05, 4.69) is 5.32 Å². The van der Waals surface area contributed by atoms with Crippen molar-refractivity contribution in [3.05, 3.63) is 130 Å². The van der Waals surface area contributed by atoms with Crippen LogP contribution >= 0.6 is 11.6 Å². The van der Waals surface area contributed by atoms with E-state index in [1.54, 1.807) is 57.2 Å². The Hall–Kier alpha value is -4.42. The minimum absolute atomic E-state index is 0.0243. The molecule has 0 bridgehead atoms. The average Bonchev–Trinajstić information content (AvgIpc) is 3.02. The second-order valence-corrected chi connectivity index (χ2v) is 13.7. The summed E-state index contributed by atoms with van der Waals surface area (Å²) in [5.41, 5.74) is -0.375. The lowest BCUT2D eigenvalue weighted by atomic mass is 10.0. The van der Waals surface area contributed by atoms with Crippen LogP contribution < -0.4 is 9.62 Å². The zero-order chi connectivity index (χ0) is 35.2. The van der Waals surface area contributed by atoms with Gasteiger partial charge in [-0.15, -0.1) is 0 Å². The zero-order valence-corrected chi connectivity index (χ0v) is 27.9. The molecular weight excluding hydrogens is 670 g/mol. The van der Waals surface area contributed by atoms with Gasteiger partial charge in [0.1, 0.15) is 18.4 Å². The van der Waals surface area contributed by atoms with Crippen LogP contribution in [-0.4, -0.2) is 43.8 Å². The molecule has 1 unspecified atom stereocenters. The molecule has 0 aromatic heterocycles. The van der Waals surface area contributed by atoms with Crippen LogP contribution in [-0.2, 0) is 38.8 Å². The van der Waals surface area contributed by atoms with Gasteiger partial charge < -0.3 is 10.2 Å². The molecule has 0 spiro atoms. The van der Waals surface area contributed by atoms with E-state index in [-0.39, 0.29) is 22.9 Å². The van der Waals surface area contributed by atoms with Crippen molar-refractivity contribution in [2.75, 3.05) is 10.8 Å². The third-order valence-electron chi connectivity index (χ3n) is 7.43. The summed E-state index contributed by atoms with van der Waals surface area (Å²) in [5.74, 6) is -2.22. The third kappa shape index (κ3) is 8.93. The quantitative estimate of drug-likeness (QED) is 0.159. The summed E-state index contributed by atoms with van der Waals surface area (Å²) in [4.78, 5) is 28.9. The van der Waals surface area contributed by atoms with Gasteiger partial charge in [-0.05, 0) is 62.7 Å². The number of aryl methyl sites for hydroxylation is 1. The van der Waals surface area contributed by atoms with Crippen molar-refractivity contribution in [3.8, 4) is 0 Å². The number of hydrogen-bond donors (Lipinski definition) is 1. The van der Waals surface area contributed by atoms with E-state index in [4.69, 9.17) is 11.6 Å². The Morgan fingerprint density at radius 1 is 0.896 bits per heavy atom. The monoisotopic (exact) mass is 703 g/mol. The van der Waals surface area contributed by atoms with Crippen LogP contribution in [0.4, 0.5) is 23.2 Å². The molecule has 13 heteroatoms. The van der Waals surface area contributed by atoms with Gasteiger partial charge in [-0.3, -0.25) is 13.9 Å². The fourth-order valence-corrected chi connectivity index (χ4v) is 6.63. The Kier molecular flexibility index (Phi) is 11.5. The van der Waals surface area contributed by atoms with Crippen LogP contribution in [0.5, 0.6) is 0 Å². The third-order valence-corrected chi connectivity index (χ3v) is 9.55. The van der Waals surface area contributed by atoms with E-state index in [0.717, 1.165) is 22.6 Å². The highest BCUT2D eigenvalue weighted by atomic mass is 35.5. The van der Waals surface area contributed by atoms with Crippen molar-refractivity contribution in [2.45, 2.75) is 56.9 Å². The number of amides is 2. The first-order valence-electron chi connectivity index (χ1n) is 14.9. The maximum Gasteiger partial charge on any atom is 0.417 e. The summed E-state index contributed by atoms with van der Waals surface area (Å²) in [7, 11) is -4.68. The predicted octanol–water partition coefficient (Wildman–Crippen LogP) is 7.17. The Labute approximate surface area is 282 Å². The van der Waals surface area contributed by atoms with Gasteiger partial charge in [0.05, 0.1) is 21.2 Å². The van der Waals surface area contributed by atoms with Crippen molar-refractivity contribution in [3.63, 3.8) is 0 Å². The van der Waals surface area contributed by atoms with Crippen molar-refractivity contribution in [1.82, 2.24) is 10.2 Å². The summed E-state index contributed by atoms with van der Waals surface area (Å²) in [5, 5.41) is 2.11. The molecular formula is C35H34ClF4N3O4S. The number of nitrogens with one attached hydrogen (secondary N) is 1. The van der Waals surface area contributed by atoms with Crippen LogP contribution in [0, 0.1) is 12.7 Å². The lowest BCUT2D eigenvalue weighted by Gasteiger charge is -2.34. The molecule has 4 aromatic carbocycles. The Balaban J connectivity index is 1.88. The van der Waals surface area contributed by atoms with Crippen LogP contribution in [0.3, 0.4) is 0 Å². The fraction of sp³-hybridized carbons (Fsp3) is 0.257. The van der Waals surface area contributed by atoms with Gasteiger partial charge in [0.25, 0.3) is 10.0 Å². The van der Waals surface area contributed by atoms with E-state index >= 15 is 4.39 Å². The van der Waals surface area contributed by atoms with E-state index in [1.165, 1.54) is 42.5 Å². The number of alkyl halides is 3. The minimum Gasteiger partial charge on any atom is -0.352 e. The number of anilines is 1. The molecule has 0 fully saturated rings. The molecule has 4 rings (SSSR count). The minimum atomic E-state index is -4.94. The molecule has 4 aromatic rings. The van der Waals surface area contributed by atoms with Gasteiger partial charge >= 0.3 is 6.18 Å². The molecule has 0 saturated heterocycles. The molecule has 7 nitrogen and oxygen atoms in total. The Bertz CT molecular complexity index is 1850. The summed E-state index contributed by atoms with van der Waals surface area (Å²) in [6.07, 6.45) is -4.97. The first kappa shape index (κ1) is 36.4. The number of sulfonamides is 1. The van der Waals surface area contributed by atoms with Crippen molar-refractivity contribution in [2.24, 2.45) is 0 Å². The highest BCUT2D eigenvalue weighted by molar-refractivity contribution is 7.92. The summed E-state index contributed by atoms with van der Waals surface area (Å²) < 4.78 is 85.5. The number of halogens is 5. The molecule has 2 amide bonds. The predicted molar refractivity (Wildman–Crippen MR) is 176 cm³/mol. The van der Waals surface area contributed by atoms with Crippen LogP contribution in [0.1, 0.15) is 36.1 Å². The first-order chi connectivity index (χ1) is 22.6. The van der Waals surface area contributed by atoms with E-state index in [0.29, 0.717) is 15.9 Å². The van der Waals surface area contributed by atoms with Gasteiger partial charge in [0.15, 0.2) is 0 Å². The fourth-order valence-electron chi connectivity index (χ4n) is 5.00. The number of carbonyl (C=O) groups is 2. The smallest absolute Gasteiger partial charge is 0.352 e. The molecule has 48 heavy (non-hydrogen) atoms. The number of benzene rings is 4. The second kappa shape index (κ2) is 15.2. The molecule has 0 radical (unpaired) electrons. The highest BCUT2D eigenvalue weighted by Crippen LogP contribution is 2.38. The Morgan fingerprint density at radius 3 is 2.12 bits per heavy atom. The van der Waals surface area contributed by atoms with Crippen molar-refractivity contribution >= 4 is 39.1 Å². The maximum atomic E-state index is 15.0. The van der Waals surface area contributed by atoms with E-state index in [9.17, 15) is 31.2 Å². The van der Waals surface area contributed by atoms with Crippen LogP contribution in [0.2, 0.25) is 5.02 Å². The topological polar surface area (TPSA) is 86.8 Å². The molecule has 254 valence electrons. The van der Waals surface area contributed by atoms with Crippen LogP contribution in [0.15, 0.2) is 102 Å². The molecule has 0 saturated carbocycles. The summed E-state index contributed by atoms with van der Waals surface area (Å²) in [6.45, 7) is 3.69. The summed E-state index contributed by atoms with van der Waals surface area (Å²) in [6, 6.07) is 20.8. The van der Waals surface area contributed by atoms with Crippen molar-refractivity contribution < 1.29 is 35.6 Å². The zero-order valence-electron chi connectivity index (χ0n) is 26.3. The number of hydrogen-bond acceptors (Lipinski definition) is 4. The highest BCUT2D eigenvalue weighted by Gasteiger charge is 2.38. The van der Waals surface area contributed by atoms with Gasteiger partial charge in [-0.2, -0.15) is 13.2 Å². The van der Waals surface area contributed by atoms with Gasteiger partial charge in [-0.25, -0.2) is 12.8 Å². The standard InChI is InChI=1S/C35H34ClF4N3O4S/c1-23(2)41-34(45)32(19-25-9-5-4-6-10-25)42(21-26-11-7-8-12-31(26)37)33(44)22-43(48(46,47)28-16-13-24(3)14-17-28)27-15-18-30(36)29(20-27)35(38,39)40/h4-18,20,23,32H,19,21-22H2,1-3H3,(H,41,45).